The fourth-order valence-corrected chi connectivity index (χ4v) is 4.79. The molecule has 0 aromatic heterocycles. The van der Waals surface area contributed by atoms with Crippen LogP contribution in [0.4, 0.5) is 10.5 Å². The molecule has 2 aliphatic rings. The van der Waals surface area contributed by atoms with Gasteiger partial charge in [0, 0.05) is 50.0 Å². The van der Waals surface area contributed by atoms with Gasteiger partial charge in [0.2, 0.25) is 5.91 Å². The normalized spacial score (nSPS) is 19.2. The van der Waals surface area contributed by atoms with Crippen molar-refractivity contribution in [2.24, 2.45) is 0 Å². The molecular weight excluding hydrogens is 402 g/mol. The number of nitrogens with zero attached hydrogens (tertiary/aromatic N) is 1. The number of hydrogen-bond acceptors (Lipinski definition) is 3. The topological polar surface area (TPSA) is 70.7 Å². The Hall–Kier alpha value is -3.02. The number of carbonyl (C=O) groups is 2. The molecule has 1 saturated heterocycles. The Balaban J connectivity index is 1.42. The number of benzene rings is 2. The van der Waals surface area contributed by atoms with E-state index in [2.05, 4.69) is 16.7 Å². The number of rotatable bonds is 4. The van der Waals surface area contributed by atoms with E-state index in [0.717, 1.165) is 41.8 Å². The summed E-state index contributed by atoms with van der Waals surface area (Å²) in [5.41, 5.74) is 2.74. The summed E-state index contributed by atoms with van der Waals surface area (Å²) < 4.78 is 6.52. The van der Waals surface area contributed by atoms with E-state index in [1.54, 1.807) is 0 Å². The highest BCUT2D eigenvalue weighted by Gasteiger charge is 2.44. The lowest BCUT2D eigenvalue weighted by molar-refractivity contribution is -0.122. The van der Waals surface area contributed by atoms with E-state index >= 15 is 0 Å². The summed E-state index contributed by atoms with van der Waals surface area (Å²) in [6, 6.07) is 15.9. The van der Waals surface area contributed by atoms with Gasteiger partial charge in [0.15, 0.2) is 0 Å². The van der Waals surface area contributed by atoms with Crippen molar-refractivity contribution in [3.8, 4) is 5.75 Å². The second kappa shape index (κ2) is 9.23. The molecule has 2 aromatic rings. The molecule has 4 rings (SSSR count). The monoisotopic (exact) mass is 435 g/mol. The molecule has 0 bridgehead atoms. The molecule has 1 unspecified atom stereocenters. The van der Waals surface area contributed by atoms with E-state index in [1.165, 1.54) is 0 Å². The largest absolute Gasteiger partial charge is 0.487 e. The van der Waals surface area contributed by atoms with E-state index in [0.29, 0.717) is 19.5 Å². The molecule has 1 spiro atoms. The number of ether oxygens (including phenoxy) is 1. The number of nitrogens with one attached hydrogen (secondary N) is 2. The van der Waals surface area contributed by atoms with E-state index in [4.69, 9.17) is 4.74 Å². The molecule has 2 aromatic carbocycles. The Bertz CT molecular complexity index is 963. The number of urea groups is 1. The molecule has 0 radical (unpaired) electrons. The van der Waals surface area contributed by atoms with Gasteiger partial charge >= 0.3 is 6.03 Å². The second-order valence-corrected chi connectivity index (χ2v) is 9.43. The predicted octanol–water partition coefficient (Wildman–Crippen LogP) is 4.84. The molecule has 2 N–H and O–H groups in total. The molecule has 32 heavy (non-hydrogen) atoms. The summed E-state index contributed by atoms with van der Waals surface area (Å²) in [5, 5.41) is 6.01. The molecule has 0 saturated carbocycles. The number of piperidine rings is 1. The summed E-state index contributed by atoms with van der Waals surface area (Å²) in [6.07, 6.45) is 2.76. The average molecular weight is 436 g/mol. The Morgan fingerprint density at radius 2 is 1.78 bits per heavy atom. The van der Waals surface area contributed by atoms with Crippen molar-refractivity contribution >= 4 is 17.6 Å². The maximum absolute atomic E-state index is 12.8. The fraction of sp³-hybridized carbons (Fsp3) is 0.462. The number of likely N-dealkylation sites (tertiary alicyclic amines) is 1. The van der Waals surface area contributed by atoms with Gasteiger partial charge in [0.1, 0.15) is 11.4 Å². The summed E-state index contributed by atoms with van der Waals surface area (Å²) in [6.45, 7) is 7.25. The van der Waals surface area contributed by atoms with Gasteiger partial charge in [-0.05, 0) is 51.0 Å². The molecule has 6 heteroatoms. The van der Waals surface area contributed by atoms with Crippen LogP contribution in [0.2, 0.25) is 0 Å². The van der Waals surface area contributed by atoms with Crippen LogP contribution < -0.4 is 15.4 Å². The third-order valence-corrected chi connectivity index (χ3v) is 6.45. The molecule has 0 aliphatic carbocycles. The van der Waals surface area contributed by atoms with Crippen LogP contribution in [0.15, 0.2) is 48.5 Å². The second-order valence-electron chi connectivity index (χ2n) is 9.43. The van der Waals surface area contributed by atoms with Gasteiger partial charge in [-0.2, -0.15) is 0 Å². The van der Waals surface area contributed by atoms with Crippen LogP contribution in [0.5, 0.6) is 5.75 Å². The molecular formula is C26H33N3O3. The van der Waals surface area contributed by atoms with E-state index < -0.39 is 0 Å². The summed E-state index contributed by atoms with van der Waals surface area (Å²) in [4.78, 5) is 27.1. The lowest BCUT2D eigenvalue weighted by atomic mass is 9.76. The van der Waals surface area contributed by atoms with E-state index in [1.807, 2.05) is 68.1 Å². The van der Waals surface area contributed by atoms with Crippen molar-refractivity contribution in [2.75, 3.05) is 18.4 Å². The summed E-state index contributed by atoms with van der Waals surface area (Å²) in [7, 11) is 0. The molecule has 6 nitrogen and oxygen atoms in total. The maximum atomic E-state index is 12.8. The number of fused-ring (bicyclic) bond motifs is 1. The third-order valence-electron chi connectivity index (χ3n) is 6.45. The van der Waals surface area contributed by atoms with Crippen molar-refractivity contribution in [2.45, 2.75) is 64.0 Å². The smallest absolute Gasteiger partial charge is 0.321 e. The minimum atomic E-state index is -0.336. The fourth-order valence-electron chi connectivity index (χ4n) is 4.79. The zero-order valence-electron chi connectivity index (χ0n) is 19.2. The molecule has 3 amide bonds. The van der Waals surface area contributed by atoms with Crippen molar-refractivity contribution in [3.63, 3.8) is 0 Å². The minimum absolute atomic E-state index is 0.0757. The van der Waals surface area contributed by atoms with Crippen LogP contribution in [0.1, 0.15) is 56.6 Å². The predicted molar refractivity (Wildman–Crippen MR) is 126 cm³/mol. The van der Waals surface area contributed by atoms with Crippen LogP contribution in [0.25, 0.3) is 0 Å². The van der Waals surface area contributed by atoms with Crippen LogP contribution in [-0.2, 0) is 4.79 Å². The Morgan fingerprint density at radius 3 is 2.47 bits per heavy atom. The van der Waals surface area contributed by atoms with Crippen molar-refractivity contribution < 1.29 is 14.3 Å². The zero-order valence-corrected chi connectivity index (χ0v) is 19.2. The highest BCUT2D eigenvalue weighted by molar-refractivity contribution is 5.89. The number of para-hydroxylation sites is 1. The van der Waals surface area contributed by atoms with Crippen LogP contribution in [0, 0.1) is 6.92 Å². The van der Waals surface area contributed by atoms with Gasteiger partial charge in [-0.15, -0.1) is 0 Å². The first kappa shape index (κ1) is 22.2. The van der Waals surface area contributed by atoms with Crippen molar-refractivity contribution in [1.82, 2.24) is 10.2 Å². The number of hydrogen-bond donors (Lipinski definition) is 2. The first-order valence-electron chi connectivity index (χ1n) is 11.5. The lowest BCUT2D eigenvalue weighted by Crippen LogP contribution is -2.52. The van der Waals surface area contributed by atoms with Gasteiger partial charge in [-0.3, -0.25) is 4.79 Å². The molecule has 1 atom stereocenters. The zero-order chi connectivity index (χ0) is 22.7. The highest BCUT2D eigenvalue weighted by atomic mass is 16.5. The lowest BCUT2D eigenvalue weighted by Gasteiger charge is -2.46. The van der Waals surface area contributed by atoms with E-state index in [-0.39, 0.29) is 29.5 Å². The van der Waals surface area contributed by atoms with Crippen LogP contribution in [0.3, 0.4) is 0 Å². The first-order chi connectivity index (χ1) is 15.3. The van der Waals surface area contributed by atoms with Crippen LogP contribution in [-0.4, -0.2) is 41.6 Å². The Morgan fingerprint density at radius 1 is 1.09 bits per heavy atom. The quantitative estimate of drug-likeness (QED) is 0.722. The molecule has 170 valence electrons. The number of amides is 3. The Labute approximate surface area is 190 Å². The Kier molecular flexibility index (Phi) is 6.40. The highest BCUT2D eigenvalue weighted by Crippen LogP contribution is 2.46. The molecule has 2 aliphatic heterocycles. The maximum Gasteiger partial charge on any atom is 0.321 e. The van der Waals surface area contributed by atoms with Crippen LogP contribution >= 0.6 is 0 Å². The van der Waals surface area contributed by atoms with E-state index in [9.17, 15) is 9.59 Å². The summed E-state index contributed by atoms with van der Waals surface area (Å²) in [5.74, 6) is 1.07. The SMILES string of the molecule is Cc1ccc(NC(=O)N2CCC3(CC2)CC(CC(=O)NC(C)C)c2ccccc2O3)cc1. The number of anilines is 1. The van der Waals surface area contributed by atoms with Gasteiger partial charge < -0.3 is 20.3 Å². The van der Waals surface area contributed by atoms with Gasteiger partial charge in [-0.25, -0.2) is 4.79 Å². The minimum Gasteiger partial charge on any atom is -0.487 e. The average Bonchev–Trinajstić information content (AvgIpc) is 2.75. The van der Waals surface area contributed by atoms with Crippen molar-refractivity contribution in [1.29, 1.82) is 0 Å². The summed E-state index contributed by atoms with van der Waals surface area (Å²) >= 11 is 0. The number of aryl methyl sites for hydroxylation is 1. The number of carbonyl (C=O) groups excluding carboxylic acids is 2. The van der Waals surface area contributed by atoms with Gasteiger partial charge in [-0.1, -0.05) is 35.9 Å². The first-order valence-corrected chi connectivity index (χ1v) is 11.5. The van der Waals surface area contributed by atoms with Gasteiger partial charge in [0.05, 0.1) is 0 Å². The van der Waals surface area contributed by atoms with Gasteiger partial charge in [0.25, 0.3) is 0 Å². The molecule has 1 fully saturated rings. The van der Waals surface area contributed by atoms with Crippen molar-refractivity contribution in [3.05, 3.63) is 59.7 Å². The third kappa shape index (κ3) is 5.06. The standard InChI is InChI=1S/C26H33N3O3/c1-18(2)27-24(30)16-20-17-26(32-23-7-5-4-6-22(20)23)12-14-29(15-13-26)25(31)28-21-10-8-19(3)9-11-21/h4-11,18,20H,12-17H2,1-3H3,(H,27,30)(H,28,31). The molecule has 2 heterocycles.